The van der Waals surface area contributed by atoms with E-state index in [2.05, 4.69) is 10.3 Å². The minimum Gasteiger partial charge on any atom is -0.478 e. The molecule has 0 bridgehead atoms. The molecule has 0 aliphatic carbocycles. The van der Waals surface area contributed by atoms with Crippen LogP contribution >= 0.6 is 0 Å². The van der Waals surface area contributed by atoms with E-state index in [0.29, 0.717) is 19.0 Å². The molecule has 0 atom stereocenters. The number of nitrogens with one attached hydrogen (secondary N) is 1. The Morgan fingerprint density at radius 3 is 2.67 bits per heavy atom. The Morgan fingerprint density at radius 1 is 1.19 bits per heavy atom. The monoisotopic (exact) mass is 287 g/mol. The maximum atomic E-state index is 10.5. The number of non-ortho nitro benzene ring substituents is 1. The van der Waals surface area contributed by atoms with Crippen LogP contribution < -0.4 is 10.1 Å². The van der Waals surface area contributed by atoms with Crippen molar-refractivity contribution in [2.45, 2.75) is 13.0 Å². The Morgan fingerprint density at radius 2 is 2.00 bits per heavy atom. The van der Waals surface area contributed by atoms with E-state index in [1.807, 2.05) is 18.2 Å². The molecule has 21 heavy (non-hydrogen) atoms. The van der Waals surface area contributed by atoms with Gasteiger partial charge in [-0.3, -0.25) is 10.1 Å². The maximum absolute atomic E-state index is 10.5. The smallest absolute Gasteiger partial charge is 0.269 e. The Labute approximate surface area is 122 Å². The van der Waals surface area contributed by atoms with Crippen LogP contribution in [0.1, 0.15) is 12.0 Å². The second kappa shape index (κ2) is 7.96. The van der Waals surface area contributed by atoms with Crippen molar-refractivity contribution in [3.8, 4) is 5.88 Å². The third kappa shape index (κ3) is 5.19. The summed E-state index contributed by atoms with van der Waals surface area (Å²) < 4.78 is 5.47. The lowest BCUT2D eigenvalue weighted by atomic mass is 10.2. The molecule has 0 amide bonds. The molecule has 2 rings (SSSR count). The van der Waals surface area contributed by atoms with E-state index < -0.39 is 4.92 Å². The van der Waals surface area contributed by atoms with E-state index >= 15 is 0 Å². The van der Waals surface area contributed by atoms with Gasteiger partial charge >= 0.3 is 0 Å². The van der Waals surface area contributed by atoms with Crippen molar-refractivity contribution in [3.05, 3.63) is 64.3 Å². The van der Waals surface area contributed by atoms with Crippen molar-refractivity contribution >= 4 is 5.69 Å². The molecule has 0 radical (unpaired) electrons. The quantitative estimate of drug-likeness (QED) is 0.458. The Balaban J connectivity index is 1.60. The minimum atomic E-state index is -0.397. The highest BCUT2D eigenvalue weighted by Gasteiger charge is 2.03. The molecule has 6 heteroatoms. The van der Waals surface area contributed by atoms with Crippen LogP contribution in [0.15, 0.2) is 48.7 Å². The average molecular weight is 287 g/mol. The number of ether oxygens (including phenoxy) is 1. The summed E-state index contributed by atoms with van der Waals surface area (Å²) in [4.78, 5) is 14.2. The maximum Gasteiger partial charge on any atom is 0.269 e. The molecule has 1 N–H and O–H groups in total. The third-order valence-corrected chi connectivity index (χ3v) is 2.86. The molecule has 1 aromatic heterocycles. The molecule has 0 aliphatic rings. The number of pyridine rings is 1. The summed E-state index contributed by atoms with van der Waals surface area (Å²) in [5.74, 6) is 0.632. The second-order valence-corrected chi connectivity index (χ2v) is 4.47. The molecule has 0 spiro atoms. The predicted octanol–water partition coefficient (Wildman–Crippen LogP) is 2.55. The topological polar surface area (TPSA) is 77.3 Å². The Bertz CT molecular complexity index is 558. The highest BCUT2D eigenvalue weighted by molar-refractivity contribution is 5.32. The summed E-state index contributed by atoms with van der Waals surface area (Å²) in [5.41, 5.74) is 1.13. The number of nitro benzene ring substituents is 1. The van der Waals surface area contributed by atoms with Gasteiger partial charge in [0.2, 0.25) is 5.88 Å². The van der Waals surface area contributed by atoms with Gasteiger partial charge in [-0.2, -0.15) is 0 Å². The predicted molar refractivity (Wildman–Crippen MR) is 79.2 cm³/mol. The minimum absolute atomic E-state index is 0.113. The molecule has 0 saturated heterocycles. The average Bonchev–Trinajstić information content (AvgIpc) is 2.52. The van der Waals surface area contributed by atoms with Gasteiger partial charge in [0.1, 0.15) is 0 Å². The number of benzene rings is 1. The number of nitrogens with zero attached hydrogens (tertiary/aromatic N) is 2. The molecule has 2 aromatic rings. The molecule has 0 unspecified atom stereocenters. The Kier molecular flexibility index (Phi) is 5.66. The number of aromatic nitrogens is 1. The molecule has 110 valence electrons. The van der Waals surface area contributed by atoms with E-state index in [0.717, 1.165) is 18.5 Å². The van der Waals surface area contributed by atoms with Crippen molar-refractivity contribution in [3.63, 3.8) is 0 Å². The van der Waals surface area contributed by atoms with Crippen molar-refractivity contribution in [2.75, 3.05) is 13.2 Å². The first kappa shape index (κ1) is 14.9. The fraction of sp³-hybridized carbons (Fsp3) is 0.267. The van der Waals surface area contributed by atoms with E-state index in [4.69, 9.17) is 4.74 Å². The first-order valence-electron chi connectivity index (χ1n) is 6.73. The summed E-state index contributed by atoms with van der Waals surface area (Å²) in [5, 5.41) is 13.8. The van der Waals surface area contributed by atoms with Gasteiger partial charge in [0.05, 0.1) is 11.5 Å². The zero-order chi connectivity index (χ0) is 14.9. The first-order chi connectivity index (χ1) is 10.3. The van der Waals surface area contributed by atoms with Crippen molar-refractivity contribution in [1.29, 1.82) is 0 Å². The fourth-order valence-electron chi connectivity index (χ4n) is 1.77. The molecular weight excluding hydrogens is 270 g/mol. The molecule has 0 saturated carbocycles. The van der Waals surface area contributed by atoms with Crippen LogP contribution in [-0.4, -0.2) is 23.1 Å². The molecule has 6 nitrogen and oxygen atoms in total. The van der Waals surface area contributed by atoms with Crippen LogP contribution in [0.25, 0.3) is 0 Å². The van der Waals surface area contributed by atoms with E-state index in [-0.39, 0.29) is 5.69 Å². The first-order valence-corrected chi connectivity index (χ1v) is 6.73. The Hall–Kier alpha value is -2.47. The molecule has 1 heterocycles. The molecule has 0 aliphatic heterocycles. The molecule has 1 aromatic carbocycles. The van der Waals surface area contributed by atoms with Gasteiger partial charge in [-0.25, -0.2) is 4.98 Å². The fourth-order valence-corrected chi connectivity index (χ4v) is 1.77. The highest BCUT2D eigenvalue weighted by Crippen LogP contribution is 2.11. The van der Waals surface area contributed by atoms with Crippen LogP contribution in [0.5, 0.6) is 5.88 Å². The van der Waals surface area contributed by atoms with E-state index in [1.54, 1.807) is 18.3 Å². The SMILES string of the molecule is O=[N+]([O-])c1ccc(CNCCCOc2ccccn2)cc1. The van der Waals surface area contributed by atoms with Gasteiger partial charge in [-0.1, -0.05) is 18.2 Å². The lowest BCUT2D eigenvalue weighted by Crippen LogP contribution is -2.17. The lowest BCUT2D eigenvalue weighted by molar-refractivity contribution is -0.384. The number of hydrogen-bond donors (Lipinski definition) is 1. The van der Waals surface area contributed by atoms with Gasteiger partial charge in [-0.15, -0.1) is 0 Å². The summed E-state index contributed by atoms with van der Waals surface area (Å²) in [7, 11) is 0. The zero-order valence-electron chi connectivity index (χ0n) is 11.6. The van der Waals surface area contributed by atoms with Crippen LogP contribution in [0.2, 0.25) is 0 Å². The van der Waals surface area contributed by atoms with Gasteiger partial charge < -0.3 is 10.1 Å². The van der Waals surface area contributed by atoms with Crippen LogP contribution in [0, 0.1) is 10.1 Å². The summed E-state index contributed by atoms with van der Waals surface area (Å²) in [6.07, 6.45) is 2.56. The summed E-state index contributed by atoms with van der Waals surface area (Å²) >= 11 is 0. The highest BCUT2D eigenvalue weighted by atomic mass is 16.6. The van der Waals surface area contributed by atoms with E-state index in [1.165, 1.54) is 12.1 Å². The number of rotatable bonds is 8. The summed E-state index contributed by atoms with van der Waals surface area (Å²) in [6.45, 7) is 2.09. The standard InChI is InChI=1S/C15H17N3O3/c19-18(20)14-7-5-13(6-8-14)12-16-9-3-11-21-15-4-1-2-10-17-15/h1-2,4-8,10,16H,3,9,11-12H2. The summed E-state index contributed by atoms with van der Waals surface area (Å²) in [6, 6.07) is 12.1. The van der Waals surface area contributed by atoms with Crippen molar-refractivity contribution < 1.29 is 9.66 Å². The van der Waals surface area contributed by atoms with Crippen molar-refractivity contribution in [1.82, 2.24) is 10.3 Å². The largest absolute Gasteiger partial charge is 0.478 e. The normalized spacial score (nSPS) is 10.3. The van der Waals surface area contributed by atoms with Gasteiger partial charge in [0.15, 0.2) is 0 Å². The number of nitro groups is 1. The third-order valence-electron chi connectivity index (χ3n) is 2.86. The second-order valence-electron chi connectivity index (χ2n) is 4.47. The van der Waals surface area contributed by atoms with Crippen LogP contribution in [0.3, 0.4) is 0 Å². The van der Waals surface area contributed by atoms with Crippen molar-refractivity contribution in [2.24, 2.45) is 0 Å². The van der Waals surface area contributed by atoms with Gasteiger partial charge in [0, 0.05) is 30.9 Å². The molecule has 0 fully saturated rings. The van der Waals surface area contributed by atoms with Crippen LogP contribution in [-0.2, 0) is 6.54 Å². The van der Waals surface area contributed by atoms with E-state index in [9.17, 15) is 10.1 Å². The lowest BCUT2D eigenvalue weighted by Gasteiger charge is -2.06. The zero-order valence-corrected chi connectivity index (χ0v) is 11.6. The number of hydrogen-bond acceptors (Lipinski definition) is 5. The molecular formula is C15H17N3O3. The van der Waals surface area contributed by atoms with Crippen LogP contribution in [0.4, 0.5) is 5.69 Å². The van der Waals surface area contributed by atoms with Gasteiger partial charge in [0.25, 0.3) is 5.69 Å². The van der Waals surface area contributed by atoms with Gasteiger partial charge in [-0.05, 0) is 24.6 Å².